The van der Waals surface area contributed by atoms with Gasteiger partial charge in [-0.15, -0.1) is 0 Å². The molecule has 0 fully saturated rings. The van der Waals surface area contributed by atoms with E-state index in [0.29, 0.717) is 0 Å². The van der Waals surface area contributed by atoms with Gasteiger partial charge in [0.05, 0.1) is 6.04 Å². The van der Waals surface area contributed by atoms with E-state index in [4.69, 9.17) is 5.73 Å². The fraction of sp³-hybridized carbons (Fsp3) is 0.375. The van der Waals surface area contributed by atoms with Crippen molar-refractivity contribution < 1.29 is 0 Å². The second-order valence-electron chi connectivity index (χ2n) is 4.94. The van der Waals surface area contributed by atoms with Gasteiger partial charge in [-0.05, 0) is 18.4 Å². The van der Waals surface area contributed by atoms with Crippen LogP contribution in [-0.2, 0) is 0 Å². The molecule has 0 aliphatic carbocycles. The number of benzene rings is 1. The van der Waals surface area contributed by atoms with E-state index in [1.165, 1.54) is 5.56 Å². The molecule has 0 aliphatic heterocycles. The molecule has 1 aromatic heterocycles. The predicted octanol–water partition coefficient (Wildman–Crippen LogP) is 3.44. The smallest absolute Gasteiger partial charge is 0.223 e. The number of anilines is 3. The molecule has 0 spiro atoms. The lowest BCUT2D eigenvalue weighted by molar-refractivity contribution is 0.744. The number of nitrogens with one attached hydrogen (secondary N) is 2. The quantitative estimate of drug-likeness (QED) is 0.726. The topological polar surface area (TPSA) is 75.9 Å². The number of nitrogens with zero attached hydrogens (tertiary/aromatic N) is 2. The van der Waals surface area contributed by atoms with Crippen LogP contribution in [0.3, 0.4) is 0 Å². The van der Waals surface area contributed by atoms with Crippen LogP contribution in [0, 0.1) is 0 Å². The Bertz CT molecular complexity index is 556. The highest BCUT2D eigenvalue weighted by Gasteiger charge is 2.10. The molecule has 0 radical (unpaired) electrons. The van der Waals surface area contributed by atoms with E-state index in [0.717, 1.165) is 31.0 Å². The SMILES string of the molecule is CCCNc1cc(NC(CC)c2ccccc2)nc(N)n1. The second kappa shape index (κ2) is 7.47. The first-order valence-corrected chi connectivity index (χ1v) is 7.42. The summed E-state index contributed by atoms with van der Waals surface area (Å²) < 4.78 is 0. The number of nitrogens with two attached hydrogens (primary N) is 1. The summed E-state index contributed by atoms with van der Waals surface area (Å²) in [5.74, 6) is 1.79. The number of hydrogen-bond donors (Lipinski definition) is 3. The summed E-state index contributed by atoms with van der Waals surface area (Å²) >= 11 is 0. The number of nitrogen functional groups attached to an aromatic ring is 1. The third kappa shape index (κ3) is 4.34. The molecular weight excluding hydrogens is 262 g/mol. The zero-order chi connectivity index (χ0) is 15.1. The first-order chi connectivity index (χ1) is 10.2. The van der Waals surface area contributed by atoms with E-state index >= 15 is 0 Å². The molecule has 112 valence electrons. The minimum atomic E-state index is 0.208. The Hall–Kier alpha value is -2.30. The molecule has 1 aromatic carbocycles. The van der Waals surface area contributed by atoms with Crippen molar-refractivity contribution in [3.8, 4) is 0 Å². The maximum absolute atomic E-state index is 5.78. The van der Waals surface area contributed by atoms with Gasteiger partial charge in [0.1, 0.15) is 11.6 Å². The Kier molecular flexibility index (Phi) is 5.37. The van der Waals surface area contributed by atoms with Crippen molar-refractivity contribution in [1.82, 2.24) is 9.97 Å². The van der Waals surface area contributed by atoms with Crippen LogP contribution in [0.2, 0.25) is 0 Å². The number of aromatic nitrogens is 2. The zero-order valence-corrected chi connectivity index (χ0v) is 12.6. The average Bonchev–Trinajstić information content (AvgIpc) is 2.51. The Labute approximate surface area is 126 Å². The van der Waals surface area contributed by atoms with Crippen LogP contribution in [0.15, 0.2) is 36.4 Å². The van der Waals surface area contributed by atoms with Gasteiger partial charge in [-0.25, -0.2) is 0 Å². The molecule has 2 rings (SSSR count). The minimum absolute atomic E-state index is 0.208. The summed E-state index contributed by atoms with van der Waals surface area (Å²) in [5.41, 5.74) is 7.02. The summed E-state index contributed by atoms with van der Waals surface area (Å²) in [7, 11) is 0. The second-order valence-corrected chi connectivity index (χ2v) is 4.94. The average molecular weight is 285 g/mol. The summed E-state index contributed by atoms with van der Waals surface area (Å²) in [6, 6.07) is 12.4. The Balaban J connectivity index is 2.15. The summed E-state index contributed by atoms with van der Waals surface area (Å²) in [6.45, 7) is 5.12. The van der Waals surface area contributed by atoms with Crippen molar-refractivity contribution in [2.45, 2.75) is 32.7 Å². The van der Waals surface area contributed by atoms with Gasteiger partial charge in [0, 0.05) is 12.6 Å². The van der Waals surface area contributed by atoms with Crippen molar-refractivity contribution in [2.24, 2.45) is 0 Å². The molecular formula is C16H23N5. The fourth-order valence-electron chi connectivity index (χ4n) is 2.17. The van der Waals surface area contributed by atoms with Crippen LogP contribution in [0.5, 0.6) is 0 Å². The summed E-state index contributed by atoms with van der Waals surface area (Å²) in [6.07, 6.45) is 2.00. The molecule has 4 N–H and O–H groups in total. The van der Waals surface area contributed by atoms with Crippen LogP contribution in [0.1, 0.15) is 38.3 Å². The van der Waals surface area contributed by atoms with E-state index in [-0.39, 0.29) is 12.0 Å². The van der Waals surface area contributed by atoms with Crippen molar-refractivity contribution >= 4 is 17.6 Å². The molecule has 2 aromatic rings. The van der Waals surface area contributed by atoms with Crippen LogP contribution in [0.4, 0.5) is 17.6 Å². The van der Waals surface area contributed by atoms with Crippen molar-refractivity contribution in [3.05, 3.63) is 42.0 Å². The maximum Gasteiger partial charge on any atom is 0.223 e. The molecule has 0 saturated carbocycles. The monoisotopic (exact) mass is 285 g/mol. The van der Waals surface area contributed by atoms with Crippen LogP contribution >= 0.6 is 0 Å². The molecule has 0 saturated heterocycles. The molecule has 21 heavy (non-hydrogen) atoms. The molecule has 0 aliphatic rings. The Morgan fingerprint density at radius 2 is 1.81 bits per heavy atom. The standard InChI is InChI=1S/C16H23N5/c1-3-10-18-14-11-15(21-16(17)20-14)19-13(4-2)12-8-6-5-7-9-12/h5-9,11,13H,3-4,10H2,1-2H3,(H4,17,18,19,20,21). The molecule has 0 amide bonds. The van der Waals surface area contributed by atoms with Crippen molar-refractivity contribution in [2.75, 3.05) is 22.9 Å². The molecule has 1 atom stereocenters. The molecule has 1 unspecified atom stereocenters. The minimum Gasteiger partial charge on any atom is -0.370 e. The van der Waals surface area contributed by atoms with Crippen molar-refractivity contribution in [1.29, 1.82) is 0 Å². The van der Waals surface area contributed by atoms with Gasteiger partial charge >= 0.3 is 0 Å². The summed E-state index contributed by atoms with van der Waals surface area (Å²) in [4.78, 5) is 8.46. The summed E-state index contributed by atoms with van der Waals surface area (Å²) in [5, 5.41) is 6.67. The lowest BCUT2D eigenvalue weighted by Crippen LogP contribution is -2.13. The highest BCUT2D eigenvalue weighted by atomic mass is 15.1. The predicted molar refractivity (Wildman–Crippen MR) is 88.3 cm³/mol. The molecule has 5 nitrogen and oxygen atoms in total. The lowest BCUT2D eigenvalue weighted by atomic mass is 10.0. The van der Waals surface area contributed by atoms with Crippen molar-refractivity contribution in [3.63, 3.8) is 0 Å². The first kappa shape index (κ1) is 15.1. The van der Waals surface area contributed by atoms with Crippen LogP contribution < -0.4 is 16.4 Å². The van der Waals surface area contributed by atoms with Gasteiger partial charge in [-0.1, -0.05) is 44.2 Å². The number of rotatable bonds is 7. The maximum atomic E-state index is 5.78. The Morgan fingerprint density at radius 3 is 2.48 bits per heavy atom. The van der Waals surface area contributed by atoms with E-state index in [9.17, 15) is 0 Å². The van der Waals surface area contributed by atoms with Gasteiger partial charge in [-0.2, -0.15) is 9.97 Å². The molecule has 1 heterocycles. The van der Waals surface area contributed by atoms with Gasteiger partial charge < -0.3 is 16.4 Å². The van der Waals surface area contributed by atoms with Gasteiger partial charge in [-0.3, -0.25) is 0 Å². The first-order valence-electron chi connectivity index (χ1n) is 7.42. The third-order valence-corrected chi connectivity index (χ3v) is 3.23. The van der Waals surface area contributed by atoms with Gasteiger partial charge in [0.25, 0.3) is 0 Å². The normalized spacial score (nSPS) is 11.9. The third-order valence-electron chi connectivity index (χ3n) is 3.23. The van der Waals surface area contributed by atoms with Gasteiger partial charge in [0.15, 0.2) is 0 Å². The van der Waals surface area contributed by atoms with Crippen LogP contribution in [-0.4, -0.2) is 16.5 Å². The van der Waals surface area contributed by atoms with E-state index < -0.39 is 0 Å². The Morgan fingerprint density at radius 1 is 1.10 bits per heavy atom. The lowest BCUT2D eigenvalue weighted by Gasteiger charge is -2.18. The number of hydrogen-bond acceptors (Lipinski definition) is 5. The fourth-order valence-corrected chi connectivity index (χ4v) is 2.17. The zero-order valence-electron chi connectivity index (χ0n) is 12.6. The van der Waals surface area contributed by atoms with E-state index in [1.54, 1.807) is 0 Å². The highest BCUT2D eigenvalue weighted by Crippen LogP contribution is 2.22. The highest BCUT2D eigenvalue weighted by molar-refractivity contribution is 5.52. The van der Waals surface area contributed by atoms with E-state index in [2.05, 4.69) is 46.6 Å². The van der Waals surface area contributed by atoms with Crippen LogP contribution in [0.25, 0.3) is 0 Å². The molecule has 5 heteroatoms. The van der Waals surface area contributed by atoms with E-state index in [1.807, 2.05) is 24.3 Å². The molecule has 0 bridgehead atoms. The van der Waals surface area contributed by atoms with Gasteiger partial charge in [0.2, 0.25) is 5.95 Å². The largest absolute Gasteiger partial charge is 0.370 e.